The number of aromatic amines is 1. The molecule has 1 amide bonds. The van der Waals surface area contributed by atoms with Crippen molar-refractivity contribution in [3.8, 4) is 0 Å². The van der Waals surface area contributed by atoms with Gasteiger partial charge in [-0.3, -0.25) is 9.59 Å². The second kappa shape index (κ2) is 7.51. The average Bonchev–Trinajstić information content (AvgIpc) is 2.61. The standard InChI is InChI=1S/C19H22N2O4/c1-12(18(23)20-13-7-3-2-4-8-13)25-19(24)15-11-17(22)21-16-10-6-5-9-14(15)16/h5-6,9-13H,2-4,7-8H2,1H3,(H,20,23)(H,21,22). The molecule has 2 aromatic rings. The second-order valence-electron chi connectivity index (χ2n) is 6.48. The number of ether oxygens (including phenoxy) is 1. The van der Waals surface area contributed by atoms with Gasteiger partial charge in [-0.1, -0.05) is 37.5 Å². The highest BCUT2D eigenvalue weighted by atomic mass is 16.5. The monoisotopic (exact) mass is 342 g/mol. The van der Waals surface area contributed by atoms with Gasteiger partial charge in [-0.25, -0.2) is 4.79 Å². The normalized spacial score (nSPS) is 16.4. The molecule has 1 aliphatic rings. The lowest BCUT2D eigenvalue weighted by Gasteiger charge is -2.24. The molecule has 25 heavy (non-hydrogen) atoms. The lowest BCUT2D eigenvalue weighted by Crippen LogP contribution is -2.42. The summed E-state index contributed by atoms with van der Waals surface area (Å²) in [6, 6.07) is 8.35. The fourth-order valence-corrected chi connectivity index (χ4v) is 3.22. The fourth-order valence-electron chi connectivity index (χ4n) is 3.22. The summed E-state index contributed by atoms with van der Waals surface area (Å²) in [4.78, 5) is 39.1. The topological polar surface area (TPSA) is 88.3 Å². The Morgan fingerprint density at radius 3 is 2.68 bits per heavy atom. The number of hydrogen-bond donors (Lipinski definition) is 2. The SMILES string of the molecule is CC(OC(=O)c1cc(=O)[nH]c2ccccc12)C(=O)NC1CCCCC1. The molecule has 1 aromatic carbocycles. The minimum absolute atomic E-state index is 0.155. The van der Waals surface area contributed by atoms with Crippen LogP contribution < -0.4 is 10.9 Å². The van der Waals surface area contributed by atoms with E-state index in [4.69, 9.17) is 4.74 Å². The summed E-state index contributed by atoms with van der Waals surface area (Å²) in [7, 11) is 0. The number of rotatable bonds is 4. The van der Waals surface area contributed by atoms with Crippen LogP contribution in [0.5, 0.6) is 0 Å². The lowest BCUT2D eigenvalue weighted by molar-refractivity contribution is -0.130. The molecule has 1 aromatic heterocycles. The zero-order chi connectivity index (χ0) is 17.8. The minimum Gasteiger partial charge on any atom is -0.449 e. The van der Waals surface area contributed by atoms with Gasteiger partial charge < -0.3 is 15.0 Å². The predicted octanol–water partition coefficient (Wildman–Crippen LogP) is 2.52. The van der Waals surface area contributed by atoms with Gasteiger partial charge in [0, 0.05) is 23.0 Å². The Kier molecular flexibility index (Phi) is 5.16. The molecule has 6 heteroatoms. The summed E-state index contributed by atoms with van der Waals surface area (Å²) >= 11 is 0. The van der Waals surface area contributed by atoms with Crippen molar-refractivity contribution >= 4 is 22.8 Å². The first-order valence-corrected chi connectivity index (χ1v) is 8.68. The van der Waals surface area contributed by atoms with E-state index in [-0.39, 0.29) is 23.1 Å². The number of pyridine rings is 1. The van der Waals surface area contributed by atoms with E-state index in [1.165, 1.54) is 12.5 Å². The van der Waals surface area contributed by atoms with Crippen molar-refractivity contribution in [1.29, 1.82) is 0 Å². The van der Waals surface area contributed by atoms with Gasteiger partial charge in [0.25, 0.3) is 5.91 Å². The van der Waals surface area contributed by atoms with Crippen LogP contribution in [0, 0.1) is 0 Å². The molecule has 0 bridgehead atoms. The Balaban J connectivity index is 1.71. The third kappa shape index (κ3) is 4.07. The number of para-hydroxylation sites is 1. The maximum Gasteiger partial charge on any atom is 0.339 e. The van der Waals surface area contributed by atoms with E-state index in [1.807, 2.05) is 0 Å². The number of H-pyrrole nitrogens is 1. The Hall–Kier alpha value is -2.63. The molecule has 3 rings (SSSR count). The Morgan fingerprint density at radius 1 is 1.20 bits per heavy atom. The molecule has 0 radical (unpaired) electrons. The van der Waals surface area contributed by atoms with Crippen LogP contribution in [-0.2, 0) is 9.53 Å². The van der Waals surface area contributed by atoms with E-state index in [0.29, 0.717) is 10.9 Å². The van der Waals surface area contributed by atoms with Gasteiger partial charge in [-0.05, 0) is 25.8 Å². The molecular weight excluding hydrogens is 320 g/mol. The minimum atomic E-state index is -0.910. The van der Waals surface area contributed by atoms with Crippen molar-refractivity contribution in [1.82, 2.24) is 10.3 Å². The number of carbonyl (C=O) groups is 2. The molecule has 132 valence electrons. The van der Waals surface area contributed by atoms with Gasteiger partial charge in [-0.15, -0.1) is 0 Å². The van der Waals surface area contributed by atoms with Gasteiger partial charge >= 0.3 is 5.97 Å². The summed E-state index contributed by atoms with van der Waals surface area (Å²) in [6.45, 7) is 1.55. The molecule has 1 atom stereocenters. The predicted molar refractivity (Wildman–Crippen MR) is 94.5 cm³/mol. The molecule has 2 N–H and O–H groups in total. The van der Waals surface area contributed by atoms with Crippen LogP contribution in [-0.4, -0.2) is 29.0 Å². The smallest absolute Gasteiger partial charge is 0.339 e. The fraction of sp³-hybridized carbons (Fsp3) is 0.421. The van der Waals surface area contributed by atoms with Crippen molar-refractivity contribution in [2.45, 2.75) is 51.2 Å². The highest BCUT2D eigenvalue weighted by Crippen LogP contribution is 2.18. The van der Waals surface area contributed by atoms with Crippen LogP contribution in [0.4, 0.5) is 0 Å². The number of fused-ring (bicyclic) bond motifs is 1. The Labute approximate surface area is 145 Å². The molecule has 1 unspecified atom stereocenters. The van der Waals surface area contributed by atoms with Gasteiger partial charge in [-0.2, -0.15) is 0 Å². The maximum atomic E-state index is 12.5. The Bertz CT molecular complexity index is 837. The van der Waals surface area contributed by atoms with Crippen molar-refractivity contribution in [2.75, 3.05) is 0 Å². The van der Waals surface area contributed by atoms with Crippen molar-refractivity contribution in [3.05, 3.63) is 46.2 Å². The molecule has 1 heterocycles. The van der Waals surface area contributed by atoms with Crippen molar-refractivity contribution < 1.29 is 14.3 Å². The van der Waals surface area contributed by atoms with Gasteiger partial charge in [0.2, 0.25) is 5.56 Å². The third-order valence-corrected chi connectivity index (χ3v) is 4.58. The van der Waals surface area contributed by atoms with E-state index < -0.39 is 12.1 Å². The van der Waals surface area contributed by atoms with Crippen molar-refractivity contribution in [3.63, 3.8) is 0 Å². The zero-order valence-electron chi connectivity index (χ0n) is 14.2. The quantitative estimate of drug-likeness (QED) is 0.836. The Morgan fingerprint density at radius 2 is 1.92 bits per heavy atom. The molecule has 0 aliphatic heterocycles. The number of carbonyl (C=O) groups excluding carboxylic acids is 2. The number of amides is 1. The van der Waals surface area contributed by atoms with Crippen LogP contribution in [0.2, 0.25) is 0 Å². The van der Waals surface area contributed by atoms with Crippen LogP contribution in [0.3, 0.4) is 0 Å². The number of benzene rings is 1. The van der Waals surface area contributed by atoms with E-state index in [2.05, 4.69) is 10.3 Å². The summed E-state index contributed by atoms with van der Waals surface area (Å²) in [5.41, 5.74) is 0.336. The van der Waals surface area contributed by atoms with Crippen LogP contribution in [0.25, 0.3) is 10.9 Å². The molecule has 1 aliphatic carbocycles. The van der Waals surface area contributed by atoms with Crippen molar-refractivity contribution in [2.24, 2.45) is 0 Å². The van der Waals surface area contributed by atoms with Gasteiger partial charge in [0.15, 0.2) is 6.10 Å². The van der Waals surface area contributed by atoms with E-state index in [9.17, 15) is 14.4 Å². The number of esters is 1. The summed E-state index contributed by atoms with van der Waals surface area (Å²) < 4.78 is 5.30. The largest absolute Gasteiger partial charge is 0.449 e. The molecule has 0 spiro atoms. The molecule has 6 nitrogen and oxygen atoms in total. The van der Waals surface area contributed by atoms with Crippen LogP contribution in [0.1, 0.15) is 49.4 Å². The third-order valence-electron chi connectivity index (χ3n) is 4.58. The molecule has 1 fully saturated rings. The van der Waals surface area contributed by atoms with E-state index in [0.717, 1.165) is 25.7 Å². The number of nitrogens with one attached hydrogen (secondary N) is 2. The summed E-state index contributed by atoms with van der Waals surface area (Å²) in [5, 5.41) is 3.53. The molecular formula is C19H22N2O4. The zero-order valence-corrected chi connectivity index (χ0v) is 14.2. The van der Waals surface area contributed by atoms with Crippen LogP contribution in [0.15, 0.2) is 35.1 Å². The highest BCUT2D eigenvalue weighted by Gasteiger charge is 2.23. The number of aromatic nitrogens is 1. The first-order chi connectivity index (χ1) is 12.0. The molecule has 0 saturated heterocycles. The van der Waals surface area contributed by atoms with E-state index in [1.54, 1.807) is 31.2 Å². The van der Waals surface area contributed by atoms with E-state index >= 15 is 0 Å². The number of hydrogen-bond acceptors (Lipinski definition) is 4. The molecule has 1 saturated carbocycles. The van der Waals surface area contributed by atoms with Gasteiger partial charge in [0.05, 0.1) is 5.56 Å². The van der Waals surface area contributed by atoms with Crippen LogP contribution >= 0.6 is 0 Å². The lowest BCUT2D eigenvalue weighted by atomic mass is 9.95. The van der Waals surface area contributed by atoms with Gasteiger partial charge in [0.1, 0.15) is 0 Å². The second-order valence-corrected chi connectivity index (χ2v) is 6.48. The first-order valence-electron chi connectivity index (χ1n) is 8.68. The average molecular weight is 342 g/mol. The highest BCUT2D eigenvalue weighted by molar-refractivity contribution is 6.03. The summed E-state index contributed by atoms with van der Waals surface area (Å²) in [6.07, 6.45) is 4.44. The first kappa shape index (κ1) is 17.2. The summed E-state index contributed by atoms with van der Waals surface area (Å²) in [5.74, 6) is -0.969. The maximum absolute atomic E-state index is 12.5.